The second-order valence-corrected chi connectivity index (χ2v) is 4.64. The van der Waals surface area contributed by atoms with Crippen molar-refractivity contribution in [3.8, 4) is 17.0 Å². The van der Waals surface area contributed by atoms with E-state index in [1.165, 1.54) is 6.07 Å². The van der Waals surface area contributed by atoms with Crippen LogP contribution in [0.1, 0.15) is 17.3 Å². The molecule has 0 saturated heterocycles. The number of pyridine rings is 1. The van der Waals surface area contributed by atoms with E-state index in [1.54, 1.807) is 6.07 Å². The van der Waals surface area contributed by atoms with Crippen LogP contribution in [0.25, 0.3) is 11.3 Å². The summed E-state index contributed by atoms with van der Waals surface area (Å²) in [6.45, 7) is 2.53. The minimum atomic E-state index is -0.977. The van der Waals surface area contributed by atoms with Gasteiger partial charge in [-0.1, -0.05) is 0 Å². The number of halogens is 1. The quantitative estimate of drug-likeness (QED) is 0.874. The summed E-state index contributed by atoms with van der Waals surface area (Å²) in [5.74, 6) is -0.199. The number of carboxylic acid groups (broad SMARTS) is 1. The first-order valence-electron chi connectivity index (χ1n) is 5.74. The maximum atomic E-state index is 11.0. The molecular formula is C14H12BrNO3. The number of hydrogen-bond acceptors (Lipinski definition) is 3. The third kappa shape index (κ3) is 3.32. The van der Waals surface area contributed by atoms with Gasteiger partial charge in [0.2, 0.25) is 0 Å². The fraction of sp³-hybridized carbons (Fsp3) is 0.143. The Kier molecular flexibility index (Phi) is 4.16. The molecule has 0 radical (unpaired) electrons. The predicted molar refractivity (Wildman–Crippen MR) is 75.5 cm³/mol. The summed E-state index contributed by atoms with van der Waals surface area (Å²) < 4.78 is 5.86. The van der Waals surface area contributed by atoms with Gasteiger partial charge in [0.1, 0.15) is 10.4 Å². The average Bonchev–Trinajstić information content (AvgIpc) is 2.39. The molecule has 5 heteroatoms. The highest BCUT2D eigenvalue weighted by Gasteiger charge is 2.09. The van der Waals surface area contributed by atoms with Gasteiger partial charge in [-0.3, -0.25) is 0 Å². The van der Waals surface area contributed by atoms with E-state index in [-0.39, 0.29) is 5.56 Å². The van der Waals surface area contributed by atoms with Gasteiger partial charge in [-0.25, -0.2) is 9.78 Å². The number of carbonyl (C=O) groups is 1. The first kappa shape index (κ1) is 13.5. The molecular weight excluding hydrogens is 310 g/mol. The molecule has 0 aliphatic carbocycles. The number of benzene rings is 1. The molecule has 1 aromatic carbocycles. The highest BCUT2D eigenvalue weighted by atomic mass is 79.9. The van der Waals surface area contributed by atoms with Crippen molar-refractivity contribution < 1.29 is 14.6 Å². The largest absolute Gasteiger partial charge is 0.494 e. The second kappa shape index (κ2) is 5.84. The van der Waals surface area contributed by atoms with E-state index < -0.39 is 5.97 Å². The van der Waals surface area contributed by atoms with Crippen LogP contribution in [-0.4, -0.2) is 22.7 Å². The molecule has 0 aliphatic heterocycles. The van der Waals surface area contributed by atoms with Gasteiger partial charge in [-0.2, -0.15) is 0 Å². The van der Waals surface area contributed by atoms with Crippen molar-refractivity contribution in [2.24, 2.45) is 0 Å². The molecule has 0 unspecified atom stereocenters. The summed E-state index contributed by atoms with van der Waals surface area (Å²) in [7, 11) is 0. The zero-order valence-corrected chi connectivity index (χ0v) is 11.8. The number of ether oxygens (including phenoxy) is 1. The summed E-state index contributed by atoms with van der Waals surface area (Å²) in [5.41, 5.74) is 1.65. The summed E-state index contributed by atoms with van der Waals surface area (Å²) >= 11 is 3.22. The lowest BCUT2D eigenvalue weighted by atomic mass is 10.1. The standard InChI is InChI=1S/C14H12BrNO3/c1-2-19-11-5-3-9(4-6-11)12-7-10(14(17)18)8-13(15)16-12/h3-8H,2H2,1H3,(H,17,18). The predicted octanol–water partition coefficient (Wildman–Crippen LogP) is 3.61. The van der Waals surface area contributed by atoms with Crippen LogP contribution >= 0.6 is 15.9 Å². The number of nitrogens with zero attached hydrogens (tertiary/aromatic N) is 1. The molecule has 1 heterocycles. The second-order valence-electron chi connectivity index (χ2n) is 3.83. The van der Waals surface area contributed by atoms with E-state index in [0.29, 0.717) is 16.9 Å². The summed E-state index contributed by atoms with van der Waals surface area (Å²) in [5, 5.41) is 9.03. The van der Waals surface area contributed by atoms with Crippen molar-refractivity contribution in [1.82, 2.24) is 4.98 Å². The molecule has 0 spiro atoms. The topological polar surface area (TPSA) is 59.4 Å². The minimum Gasteiger partial charge on any atom is -0.494 e. The molecule has 2 aromatic rings. The van der Waals surface area contributed by atoms with Gasteiger partial charge in [0.15, 0.2) is 0 Å². The highest BCUT2D eigenvalue weighted by molar-refractivity contribution is 9.10. The first-order chi connectivity index (χ1) is 9.10. The lowest BCUT2D eigenvalue weighted by Crippen LogP contribution is -1.98. The Bertz CT molecular complexity index is 596. The fourth-order valence-corrected chi connectivity index (χ4v) is 2.09. The first-order valence-corrected chi connectivity index (χ1v) is 6.53. The van der Waals surface area contributed by atoms with Gasteiger partial charge >= 0.3 is 5.97 Å². The molecule has 4 nitrogen and oxygen atoms in total. The third-order valence-electron chi connectivity index (χ3n) is 2.50. The number of carboxylic acids is 1. The molecule has 19 heavy (non-hydrogen) atoms. The van der Waals surface area contributed by atoms with Gasteiger partial charge in [-0.05, 0) is 59.3 Å². The Hall–Kier alpha value is -1.88. The van der Waals surface area contributed by atoms with Crippen molar-refractivity contribution in [3.63, 3.8) is 0 Å². The lowest BCUT2D eigenvalue weighted by molar-refractivity contribution is 0.0696. The van der Waals surface area contributed by atoms with Crippen molar-refractivity contribution in [2.45, 2.75) is 6.92 Å². The van der Waals surface area contributed by atoms with E-state index in [1.807, 2.05) is 31.2 Å². The van der Waals surface area contributed by atoms with E-state index in [9.17, 15) is 4.79 Å². The molecule has 0 atom stereocenters. The number of rotatable bonds is 4. The van der Waals surface area contributed by atoms with Crippen LogP contribution in [0.5, 0.6) is 5.75 Å². The molecule has 0 amide bonds. The molecule has 1 aromatic heterocycles. The molecule has 0 fully saturated rings. The van der Waals surface area contributed by atoms with Crippen LogP contribution in [0.2, 0.25) is 0 Å². The summed E-state index contributed by atoms with van der Waals surface area (Å²) in [6.07, 6.45) is 0. The zero-order chi connectivity index (χ0) is 13.8. The van der Waals surface area contributed by atoms with E-state index in [2.05, 4.69) is 20.9 Å². The van der Waals surface area contributed by atoms with Crippen LogP contribution in [0.3, 0.4) is 0 Å². The molecule has 98 valence electrons. The van der Waals surface area contributed by atoms with Crippen LogP contribution in [0.4, 0.5) is 0 Å². The van der Waals surface area contributed by atoms with Crippen LogP contribution in [-0.2, 0) is 0 Å². The van der Waals surface area contributed by atoms with Crippen molar-refractivity contribution in [2.75, 3.05) is 6.61 Å². The normalized spacial score (nSPS) is 10.2. The van der Waals surface area contributed by atoms with Crippen LogP contribution < -0.4 is 4.74 Å². The van der Waals surface area contributed by atoms with Crippen molar-refractivity contribution in [1.29, 1.82) is 0 Å². The molecule has 0 saturated carbocycles. The van der Waals surface area contributed by atoms with Gasteiger partial charge in [0.25, 0.3) is 0 Å². The Labute approximate surface area is 119 Å². The molecule has 0 aliphatic rings. The molecule has 2 rings (SSSR count). The fourth-order valence-electron chi connectivity index (χ4n) is 1.66. The van der Waals surface area contributed by atoms with E-state index >= 15 is 0 Å². The minimum absolute atomic E-state index is 0.200. The monoisotopic (exact) mass is 321 g/mol. The van der Waals surface area contributed by atoms with E-state index in [0.717, 1.165) is 11.3 Å². The molecule has 0 bridgehead atoms. The third-order valence-corrected chi connectivity index (χ3v) is 2.91. The van der Waals surface area contributed by atoms with Crippen LogP contribution in [0.15, 0.2) is 41.0 Å². The Morgan fingerprint density at radius 2 is 2.00 bits per heavy atom. The zero-order valence-electron chi connectivity index (χ0n) is 10.3. The molecule has 1 N–H and O–H groups in total. The highest BCUT2D eigenvalue weighted by Crippen LogP contribution is 2.24. The lowest BCUT2D eigenvalue weighted by Gasteiger charge is -2.06. The summed E-state index contributed by atoms with van der Waals surface area (Å²) in [4.78, 5) is 15.3. The number of aromatic carboxylic acids is 1. The number of aromatic nitrogens is 1. The van der Waals surface area contributed by atoms with Gasteiger partial charge < -0.3 is 9.84 Å². The van der Waals surface area contributed by atoms with E-state index in [4.69, 9.17) is 9.84 Å². The van der Waals surface area contributed by atoms with Crippen molar-refractivity contribution >= 4 is 21.9 Å². The Morgan fingerprint density at radius 3 is 2.58 bits per heavy atom. The van der Waals surface area contributed by atoms with Crippen molar-refractivity contribution in [3.05, 3.63) is 46.6 Å². The van der Waals surface area contributed by atoms with Gasteiger partial charge in [0, 0.05) is 5.56 Å². The SMILES string of the molecule is CCOc1ccc(-c2cc(C(=O)O)cc(Br)n2)cc1. The van der Waals surface area contributed by atoms with Gasteiger partial charge in [-0.15, -0.1) is 0 Å². The van der Waals surface area contributed by atoms with Gasteiger partial charge in [0.05, 0.1) is 17.9 Å². The Morgan fingerprint density at radius 1 is 1.32 bits per heavy atom. The summed E-state index contributed by atoms with van der Waals surface area (Å²) in [6, 6.07) is 10.4. The van der Waals surface area contributed by atoms with Crippen LogP contribution in [0, 0.1) is 0 Å². The maximum absolute atomic E-state index is 11.0. The Balaban J connectivity index is 2.38. The maximum Gasteiger partial charge on any atom is 0.335 e. The number of hydrogen-bond donors (Lipinski definition) is 1. The smallest absolute Gasteiger partial charge is 0.335 e. The average molecular weight is 322 g/mol.